The lowest BCUT2D eigenvalue weighted by Gasteiger charge is -2.60. The van der Waals surface area contributed by atoms with E-state index in [2.05, 4.69) is 17.4 Å². The second-order valence-electron chi connectivity index (χ2n) is 5.96. The van der Waals surface area contributed by atoms with Gasteiger partial charge in [-0.05, 0) is 30.5 Å². The fraction of sp³-hybridized carbons (Fsp3) is 0.571. The van der Waals surface area contributed by atoms with Gasteiger partial charge in [0.2, 0.25) is 6.79 Å². The number of ether oxygens (including phenoxy) is 2. The van der Waals surface area contributed by atoms with E-state index in [0.717, 1.165) is 37.4 Å². The van der Waals surface area contributed by atoms with Crippen LogP contribution < -0.4 is 14.8 Å². The van der Waals surface area contributed by atoms with Crippen LogP contribution in [0.25, 0.3) is 0 Å². The standard InChI is InChI=1S/C14H17NO3/c16-8-13-4-14(5-13,7-15-6-13)10-1-2-11-12(3-10)18-9-17-11/h1-3,15-16H,4-9H2. The van der Waals surface area contributed by atoms with Crippen LogP contribution in [0.15, 0.2) is 18.2 Å². The maximum absolute atomic E-state index is 9.52. The molecule has 3 fully saturated rings. The summed E-state index contributed by atoms with van der Waals surface area (Å²) in [5.74, 6) is 1.70. The molecular weight excluding hydrogens is 230 g/mol. The molecule has 0 spiro atoms. The van der Waals surface area contributed by atoms with E-state index in [9.17, 15) is 5.11 Å². The highest BCUT2D eigenvalue weighted by Gasteiger charge is 2.57. The van der Waals surface area contributed by atoms with Crippen molar-refractivity contribution in [3.8, 4) is 11.5 Å². The Hall–Kier alpha value is -1.26. The van der Waals surface area contributed by atoms with Crippen molar-refractivity contribution in [2.45, 2.75) is 18.3 Å². The van der Waals surface area contributed by atoms with Gasteiger partial charge in [0, 0.05) is 30.5 Å². The van der Waals surface area contributed by atoms with Gasteiger partial charge in [-0.25, -0.2) is 0 Å². The molecular formula is C14H17NO3. The first-order valence-corrected chi connectivity index (χ1v) is 6.47. The molecule has 18 heavy (non-hydrogen) atoms. The quantitative estimate of drug-likeness (QED) is 0.819. The summed E-state index contributed by atoms with van der Waals surface area (Å²) in [6.45, 7) is 2.54. The van der Waals surface area contributed by atoms with Crippen LogP contribution >= 0.6 is 0 Å². The lowest BCUT2D eigenvalue weighted by atomic mass is 9.48. The van der Waals surface area contributed by atoms with Crippen molar-refractivity contribution < 1.29 is 14.6 Å². The second-order valence-corrected chi connectivity index (χ2v) is 5.96. The van der Waals surface area contributed by atoms with Gasteiger partial charge in [0.1, 0.15) is 0 Å². The Morgan fingerprint density at radius 1 is 1.17 bits per heavy atom. The number of hydrogen-bond donors (Lipinski definition) is 2. The second kappa shape index (κ2) is 3.39. The summed E-state index contributed by atoms with van der Waals surface area (Å²) in [5, 5.41) is 13.0. The zero-order valence-corrected chi connectivity index (χ0v) is 10.2. The maximum Gasteiger partial charge on any atom is 0.231 e. The number of hydrogen-bond acceptors (Lipinski definition) is 4. The first-order chi connectivity index (χ1) is 8.75. The van der Waals surface area contributed by atoms with Gasteiger partial charge in [-0.15, -0.1) is 0 Å². The number of aliphatic hydroxyl groups is 1. The molecule has 5 rings (SSSR count). The Morgan fingerprint density at radius 2 is 2.00 bits per heavy atom. The monoisotopic (exact) mass is 247 g/mol. The van der Waals surface area contributed by atoms with Crippen LogP contribution in [0.2, 0.25) is 0 Å². The molecule has 1 aromatic rings. The predicted molar refractivity (Wildman–Crippen MR) is 65.9 cm³/mol. The van der Waals surface area contributed by atoms with Crippen molar-refractivity contribution in [2.75, 3.05) is 26.5 Å². The first kappa shape index (κ1) is 10.6. The molecule has 3 heterocycles. The van der Waals surface area contributed by atoms with E-state index in [4.69, 9.17) is 9.47 Å². The van der Waals surface area contributed by atoms with E-state index in [0.29, 0.717) is 6.79 Å². The molecule has 4 heteroatoms. The number of fused-ring (bicyclic) bond motifs is 3. The third-order valence-corrected chi connectivity index (χ3v) is 4.71. The number of aliphatic hydroxyl groups excluding tert-OH is 1. The molecule has 3 aliphatic heterocycles. The number of rotatable bonds is 2. The molecule has 0 amide bonds. The van der Waals surface area contributed by atoms with E-state index >= 15 is 0 Å². The number of benzene rings is 1. The fourth-order valence-electron chi connectivity index (χ4n) is 3.90. The van der Waals surface area contributed by atoms with Gasteiger partial charge in [-0.2, -0.15) is 0 Å². The van der Waals surface area contributed by atoms with Gasteiger partial charge < -0.3 is 19.9 Å². The van der Waals surface area contributed by atoms with Gasteiger partial charge in [0.15, 0.2) is 11.5 Å². The van der Waals surface area contributed by atoms with Crippen molar-refractivity contribution in [1.82, 2.24) is 5.32 Å². The van der Waals surface area contributed by atoms with Crippen LogP contribution in [-0.2, 0) is 5.41 Å². The van der Waals surface area contributed by atoms with Crippen molar-refractivity contribution in [2.24, 2.45) is 5.41 Å². The minimum atomic E-state index is 0.106. The molecule has 0 aromatic heterocycles. The molecule has 96 valence electrons. The molecule has 0 radical (unpaired) electrons. The number of nitrogens with one attached hydrogen (secondary N) is 1. The van der Waals surface area contributed by atoms with Crippen molar-refractivity contribution in [1.29, 1.82) is 0 Å². The summed E-state index contributed by atoms with van der Waals surface area (Å²) in [4.78, 5) is 0. The molecule has 1 aromatic carbocycles. The lowest BCUT2D eigenvalue weighted by molar-refractivity contribution is -0.0582. The Morgan fingerprint density at radius 3 is 2.83 bits per heavy atom. The van der Waals surface area contributed by atoms with Gasteiger partial charge in [0.25, 0.3) is 0 Å². The highest BCUT2D eigenvalue weighted by molar-refractivity contribution is 5.48. The summed E-state index contributed by atoms with van der Waals surface area (Å²) >= 11 is 0. The zero-order chi connectivity index (χ0) is 12.2. The molecule has 2 bridgehead atoms. The highest BCUT2D eigenvalue weighted by atomic mass is 16.7. The zero-order valence-electron chi connectivity index (χ0n) is 10.2. The molecule has 4 aliphatic rings. The van der Waals surface area contributed by atoms with Crippen LogP contribution in [-0.4, -0.2) is 31.6 Å². The fourth-order valence-corrected chi connectivity index (χ4v) is 3.90. The van der Waals surface area contributed by atoms with E-state index in [1.807, 2.05) is 6.07 Å². The Balaban J connectivity index is 1.68. The maximum atomic E-state index is 9.52. The summed E-state index contributed by atoms with van der Waals surface area (Å²) in [6, 6.07) is 6.25. The summed E-state index contributed by atoms with van der Waals surface area (Å²) in [5.41, 5.74) is 1.60. The minimum absolute atomic E-state index is 0.106. The molecule has 4 nitrogen and oxygen atoms in total. The van der Waals surface area contributed by atoms with Crippen LogP contribution in [0, 0.1) is 5.41 Å². The third-order valence-electron chi connectivity index (χ3n) is 4.71. The summed E-state index contributed by atoms with van der Waals surface area (Å²) in [7, 11) is 0. The lowest BCUT2D eigenvalue weighted by Crippen LogP contribution is -2.65. The van der Waals surface area contributed by atoms with Crippen molar-refractivity contribution >= 4 is 0 Å². The van der Waals surface area contributed by atoms with E-state index in [-0.39, 0.29) is 17.4 Å². The van der Waals surface area contributed by atoms with Crippen molar-refractivity contribution in [3.63, 3.8) is 0 Å². The van der Waals surface area contributed by atoms with Crippen molar-refractivity contribution in [3.05, 3.63) is 23.8 Å². The molecule has 0 atom stereocenters. The largest absolute Gasteiger partial charge is 0.454 e. The Bertz CT molecular complexity index is 494. The van der Waals surface area contributed by atoms with Crippen LogP contribution in [0.5, 0.6) is 11.5 Å². The average Bonchev–Trinajstić information content (AvgIpc) is 2.85. The highest BCUT2D eigenvalue weighted by Crippen LogP contribution is 2.58. The van der Waals surface area contributed by atoms with Crippen LogP contribution in [0.4, 0.5) is 0 Å². The van der Waals surface area contributed by atoms with Gasteiger partial charge >= 0.3 is 0 Å². The SMILES string of the molecule is OCC12CNCC(c3ccc4c(c3)OCO4)(C1)C2. The normalized spacial score (nSPS) is 36.3. The van der Waals surface area contributed by atoms with E-state index in [1.165, 1.54) is 5.56 Å². The molecule has 2 N–H and O–H groups in total. The smallest absolute Gasteiger partial charge is 0.231 e. The van der Waals surface area contributed by atoms with Gasteiger partial charge in [-0.1, -0.05) is 6.07 Å². The minimum Gasteiger partial charge on any atom is -0.454 e. The van der Waals surface area contributed by atoms with E-state index < -0.39 is 0 Å². The molecule has 2 saturated heterocycles. The Kier molecular flexibility index (Phi) is 2.01. The first-order valence-electron chi connectivity index (χ1n) is 6.47. The molecule has 1 saturated carbocycles. The summed E-state index contributed by atoms with van der Waals surface area (Å²) in [6.07, 6.45) is 2.15. The Labute approximate surface area is 106 Å². The van der Waals surface area contributed by atoms with E-state index in [1.54, 1.807) is 0 Å². The van der Waals surface area contributed by atoms with Gasteiger partial charge in [-0.3, -0.25) is 0 Å². The average molecular weight is 247 g/mol. The number of piperidine rings is 2. The third kappa shape index (κ3) is 1.27. The molecule has 0 unspecified atom stereocenters. The van der Waals surface area contributed by atoms with Crippen LogP contribution in [0.1, 0.15) is 18.4 Å². The predicted octanol–water partition coefficient (Wildman–Crippen LogP) is 1.03. The van der Waals surface area contributed by atoms with Crippen LogP contribution in [0.3, 0.4) is 0 Å². The van der Waals surface area contributed by atoms with Gasteiger partial charge in [0.05, 0.1) is 0 Å². The topological polar surface area (TPSA) is 50.7 Å². The molecule has 1 aliphatic carbocycles. The summed E-state index contributed by atoms with van der Waals surface area (Å²) < 4.78 is 10.8.